The Morgan fingerprint density at radius 2 is 1.12 bits per heavy atom. The van der Waals surface area contributed by atoms with Crippen LogP contribution < -0.4 is 25.5 Å². The number of hydrogen-bond acceptors (Lipinski definition) is 4. The first kappa shape index (κ1) is 34.2. The quantitative estimate of drug-likeness (QED) is 0.168. The third kappa shape index (κ3) is 5.11. The molecule has 276 valence electrons. The molecule has 57 heavy (non-hydrogen) atoms. The number of benzene rings is 7. The Morgan fingerprint density at radius 1 is 0.509 bits per heavy atom. The van der Waals surface area contributed by atoms with Crippen molar-refractivity contribution in [1.29, 1.82) is 0 Å². The number of para-hydroxylation sites is 3. The average molecular weight is 755 g/mol. The third-order valence-corrected chi connectivity index (χ3v) is 13.4. The number of rotatable bonds is 3. The van der Waals surface area contributed by atoms with E-state index in [1.807, 2.05) is 11.3 Å². The van der Waals surface area contributed by atoms with Gasteiger partial charge in [0.25, 0.3) is 6.71 Å². The maximum atomic E-state index is 7.06. The fourth-order valence-electron chi connectivity index (χ4n) is 9.30. The van der Waals surface area contributed by atoms with Gasteiger partial charge in [-0.3, -0.25) is 0 Å². The molecule has 0 bridgehead atoms. The molecule has 0 amide bonds. The molecule has 4 heterocycles. The molecule has 9 aromatic rings. The van der Waals surface area contributed by atoms with Gasteiger partial charge in [-0.1, -0.05) is 145 Å². The van der Waals surface area contributed by atoms with E-state index < -0.39 is 0 Å². The van der Waals surface area contributed by atoms with Crippen LogP contribution >= 0.6 is 11.3 Å². The van der Waals surface area contributed by atoms with Crippen molar-refractivity contribution in [2.24, 2.45) is 0 Å². The zero-order valence-corrected chi connectivity index (χ0v) is 34.0. The van der Waals surface area contributed by atoms with E-state index in [1.54, 1.807) is 0 Å². The molecule has 0 fully saturated rings. The van der Waals surface area contributed by atoms with Gasteiger partial charge in [-0.25, -0.2) is 0 Å². The van der Waals surface area contributed by atoms with Crippen LogP contribution in [-0.2, 0) is 10.8 Å². The smallest absolute Gasteiger partial charge is 0.264 e. The maximum absolute atomic E-state index is 7.06. The lowest BCUT2D eigenvalue weighted by molar-refractivity contribution is 0.590. The zero-order chi connectivity index (χ0) is 38.8. The van der Waals surface area contributed by atoms with E-state index in [2.05, 4.69) is 203 Å². The Bertz CT molecular complexity index is 3050. The van der Waals surface area contributed by atoms with E-state index in [-0.39, 0.29) is 17.5 Å². The average Bonchev–Trinajstić information content (AvgIpc) is 3.79. The van der Waals surface area contributed by atoms with Crippen molar-refractivity contribution < 1.29 is 4.42 Å². The molecule has 0 spiro atoms. The van der Waals surface area contributed by atoms with Gasteiger partial charge in [-0.2, -0.15) is 0 Å². The molecule has 0 atom stereocenters. The fourth-order valence-corrected chi connectivity index (χ4v) is 10.6. The second-order valence-corrected chi connectivity index (χ2v) is 18.8. The molecule has 11 rings (SSSR count). The summed E-state index contributed by atoms with van der Waals surface area (Å²) in [5.74, 6) is 0. The van der Waals surface area contributed by atoms with E-state index in [0.29, 0.717) is 0 Å². The molecular formula is C52H43BN2OS. The highest BCUT2D eigenvalue weighted by atomic mass is 32.1. The Kier molecular flexibility index (Phi) is 7.35. The predicted octanol–water partition coefficient (Wildman–Crippen LogP) is 13.1. The minimum absolute atomic E-state index is 0.0272. The molecule has 0 N–H and O–H groups in total. The number of anilines is 6. The lowest BCUT2D eigenvalue weighted by atomic mass is 9.36. The molecule has 0 saturated carbocycles. The van der Waals surface area contributed by atoms with E-state index in [9.17, 15) is 0 Å². The van der Waals surface area contributed by atoms with E-state index in [4.69, 9.17) is 4.42 Å². The van der Waals surface area contributed by atoms with Gasteiger partial charge in [0, 0.05) is 53.9 Å². The number of thiophene rings is 1. The molecule has 3 nitrogen and oxygen atoms in total. The molecule has 0 unspecified atom stereocenters. The van der Waals surface area contributed by atoms with Crippen LogP contribution in [0.5, 0.6) is 0 Å². The molecule has 7 aromatic carbocycles. The Balaban J connectivity index is 1.19. The minimum atomic E-state index is 0.0272. The van der Waals surface area contributed by atoms with Crippen molar-refractivity contribution in [2.75, 3.05) is 9.80 Å². The number of nitrogens with zero attached hydrogens (tertiary/aromatic N) is 2. The van der Waals surface area contributed by atoms with Crippen molar-refractivity contribution in [3.63, 3.8) is 0 Å². The molecule has 0 saturated heterocycles. The lowest BCUT2D eigenvalue weighted by Gasteiger charge is -2.43. The molecule has 2 aliphatic heterocycles. The van der Waals surface area contributed by atoms with Gasteiger partial charge in [-0.05, 0) is 87.0 Å². The second kappa shape index (κ2) is 12.2. The zero-order valence-electron chi connectivity index (χ0n) is 33.2. The van der Waals surface area contributed by atoms with Crippen molar-refractivity contribution in [1.82, 2.24) is 0 Å². The van der Waals surface area contributed by atoms with E-state index in [1.165, 1.54) is 65.4 Å². The van der Waals surface area contributed by atoms with Crippen LogP contribution in [0.2, 0.25) is 0 Å². The highest BCUT2D eigenvalue weighted by Gasteiger charge is 2.45. The summed E-state index contributed by atoms with van der Waals surface area (Å²) in [4.78, 5) is 5.02. The summed E-state index contributed by atoms with van der Waals surface area (Å²) in [6.07, 6.45) is 0. The minimum Gasteiger partial charge on any atom is -0.453 e. The summed E-state index contributed by atoms with van der Waals surface area (Å²) in [5.41, 5.74) is 16.6. The van der Waals surface area contributed by atoms with Crippen LogP contribution in [0.25, 0.3) is 43.2 Å². The van der Waals surface area contributed by atoms with Crippen LogP contribution in [0, 0.1) is 0 Å². The number of furan rings is 1. The largest absolute Gasteiger partial charge is 0.453 e. The molecular weight excluding hydrogens is 711 g/mol. The van der Waals surface area contributed by atoms with Crippen LogP contribution in [0.4, 0.5) is 34.1 Å². The van der Waals surface area contributed by atoms with Gasteiger partial charge in [-0.15, -0.1) is 11.3 Å². The summed E-state index contributed by atoms with van der Waals surface area (Å²) < 4.78 is 9.77. The summed E-state index contributed by atoms with van der Waals surface area (Å²) in [7, 11) is 0. The molecule has 0 radical (unpaired) electrons. The van der Waals surface area contributed by atoms with Crippen molar-refractivity contribution in [3.05, 3.63) is 163 Å². The van der Waals surface area contributed by atoms with Gasteiger partial charge in [0.05, 0.1) is 11.4 Å². The molecule has 2 aromatic heterocycles. The normalized spacial score (nSPS) is 13.7. The van der Waals surface area contributed by atoms with Gasteiger partial charge in [0.15, 0.2) is 5.58 Å². The van der Waals surface area contributed by atoms with E-state index in [0.717, 1.165) is 38.8 Å². The first-order valence-corrected chi connectivity index (χ1v) is 20.9. The SMILES string of the molecule is CC(C)(C)c1ccc(N2c3cccc4c3B(c3ccccc3N4c3cccc4c3oc3c(-c5ccccc5)cccc34)c3sc4ccc(C(C)(C)C)cc4c32)cc1. The van der Waals surface area contributed by atoms with Crippen LogP contribution in [0.15, 0.2) is 156 Å². The van der Waals surface area contributed by atoms with E-state index >= 15 is 0 Å². The lowest BCUT2D eigenvalue weighted by Crippen LogP contribution is -2.60. The van der Waals surface area contributed by atoms with Crippen LogP contribution in [0.1, 0.15) is 52.7 Å². The van der Waals surface area contributed by atoms with Gasteiger partial charge < -0.3 is 14.2 Å². The van der Waals surface area contributed by atoms with Crippen molar-refractivity contribution in [3.8, 4) is 11.1 Å². The van der Waals surface area contributed by atoms with Gasteiger partial charge in [0.1, 0.15) is 5.58 Å². The summed E-state index contributed by atoms with van der Waals surface area (Å²) in [5, 5.41) is 3.56. The summed E-state index contributed by atoms with van der Waals surface area (Å²) in [6.45, 7) is 13.9. The van der Waals surface area contributed by atoms with Crippen molar-refractivity contribution in [2.45, 2.75) is 52.4 Å². The summed E-state index contributed by atoms with van der Waals surface area (Å²) >= 11 is 1.95. The number of fused-ring (bicyclic) bond motifs is 9. The third-order valence-electron chi connectivity index (χ3n) is 12.2. The molecule has 0 aliphatic carbocycles. The topological polar surface area (TPSA) is 19.6 Å². The van der Waals surface area contributed by atoms with Gasteiger partial charge in [0.2, 0.25) is 0 Å². The maximum Gasteiger partial charge on any atom is 0.264 e. The second-order valence-electron chi connectivity index (χ2n) is 17.7. The summed E-state index contributed by atoms with van der Waals surface area (Å²) in [6, 6.07) is 56.1. The van der Waals surface area contributed by atoms with Crippen LogP contribution in [0.3, 0.4) is 0 Å². The Hall–Kier alpha value is -6.04. The Morgan fingerprint density at radius 3 is 1.88 bits per heavy atom. The van der Waals surface area contributed by atoms with Gasteiger partial charge >= 0.3 is 0 Å². The highest BCUT2D eigenvalue weighted by molar-refractivity contribution is 7.33. The van der Waals surface area contributed by atoms with Crippen LogP contribution in [-0.4, -0.2) is 6.71 Å². The standard InChI is InChI=1S/C52H43BN2OS/c1-51(2,3)33-25-28-35(29-26-33)54-42-22-14-23-43-46(42)53(50-47(54)39-31-34(52(4,5)6)27-30-45(39)57-50)40-20-10-11-21-41(40)55(43)44-24-13-19-38-37-18-12-17-36(48(37)56-49(38)44)32-15-8-7-9-16-32/h7-31H,1-6H3. The number of hydrogen-bond donors (Lipinski definition) is 0. The highest BCUT2D eigenvalue weighted by Crippen LogP contribution is 2.50. The first-order valence-electron chi connectivity index (χ1n) is 20.1. The molecule has 2 aliphatic rings. The fraction of sp³-hybridized carbons (Fsp3) is 0.154. The Labute approximate surface area is 338 Å². The predicted molar refractivity (Wildman–Crippen MR) is 246 cm³/mol. The molecule has 5 heteroatoms. The van der Waals surface area contributed by atoms with Crippen molar-refractivity contribution >= 4 is 99.9 Å². The first-order chi connectivity index (χ1) is 27.6. The monoisotopic (exact) mass is 754 g/mol.